The molecule has 0 saturated carbocycles. The summed E-state index contributed by atoms with van der Waals surface area (Å²) in [5.41, 5.74) is 6.40. The molecule has 0 fully saturated rings. The molecule has 0 aliphatic heterocycles. The van der Waals surface area contributed by atoms with Crippen LogP contribution >= 0.6 is 0 Å². The zero-order valence-electron chi connectivity index (χ0n) is 9.16. The van der Waals surface area contributed by atoms with E-state index in [1.807, 2.05) is 13.0 Å². The van der Waals surface area contributed by atoms with E-state index in [2.05, 4.69) is 16.4 Å². The second-order valence-corrected chi connectivity index (χ2v) is 3.08. The number of pyridine rings is 1. The highest BCUT2D eigenvalue weighted by atomic mass is 16.5. The Bertz CT molecular complexity index is 337. The molecule has 0 radical (unpaired) electrons. The number of methoxy groups -OCH3 is 1. The lowest BCUT2D eigenvalue weighted by atomic mass is 10.3. The fourth-order valence-electron chi connectivity index (χ4n) is 1.15. The monoisotopic (exact) mass is 207 g/mol. The van der Waals surface area contributed by atoms with Gasteiger partial charge in [-0.1, -0.05) is 12.2 Å². The zero-order valence-corrected chi connectivity index (χ0v) is 9.16. The molecular weight excluding hydrogens is 190 g/mol. The molecule has 0 bridgehead atoms. The number of hydrogen-bond acceptors (Lipinski definition) is 4. The third-order valence-electron chi connectivity index (χ3n) is 1.95. The number of nitrogens with two attached hydrogens (primary N) is 1. The second-order valence-electron chi connectivity index (χ2n) is 3.08. The molecule has 0 spiro atoms. The van der Waals surface area contributed by atoms with Crippen molar-refractivity contribution in [1.29, 1.82) is 0 Å². The molecule has 0 aliphatic carbocycles. The van der Waals surface area contributed by atoms with E-state index in [1.54, 1.807) is 19.2 Å². The molecule has 3 N–H and O–H groups in total. The maximum absolute atomic E-state index is 5.76. The summed E-state index contributed by atoms with van der Waals surface area (Å²) < 4.78 is 5.02. The van der Waals surface area contributed by atoms with E-state index < -0.39 is 0 Å². The topological polar surface area (TPSA) is 60.2 Å². The molecule has 0 atom stereocenters. The van der Waals surface area contributed by atoms with Gasteiger partial charge in [0, 0.05) is 12.6 Å². The standard InChI is InChI=1S/C11H17N3O/c1-3-4-5-8-13-11-9(12)6-7-10(14-11)15-2/h3-4,6-7H,5,8,12H2,1-2H3,(H,13,14)/b4-3+. The zero-order chi connectivity index (χ0) is 11.1. The van der Waals surface area contributed by atoms with Crippen molar-refractivity contribution in [3.05, 3.63) is 24.3 Å². The Kier molecular flexibility index (Phi) is 4.47. The van der Waals surface area contributed by atoms with Crippen LogP contribution in [0.4, 0.5) is 11.5 Å². The largest absolute Gasteiger partial charge is 0.481 e. The lowest BCUT2D eigenvalue weighted by Crippen LogP contribution is -2.06. The van der Waals surface area contributed by atoms with Crippen LogP contribution in [0.15, 0.2) is 24.3 Å². The van der Waals surface area contributed by atoms with Gasteiger partial charge in [-0.25, -0.2) is 0 Å². The molecule has 0 unspecified atom stereocenters. The van der Waals surface area contributed by atoms with Crippen molar-refractivity contribution in [2.75, 3.05) is 24.7 Å². The van der Waals surface area contributed by atoms with Crippen LogP contribution in [0.2, 0.25) is 0 Å². The van der Waals surface area contributed by atoms with Gasteiger partial charge in [0.1, 0.15) is 0 Å². The summed E-state index contributed by atoms with van der Waals surface area (Å²) in [6.07, 6.45) is 5.06. The first-order valence-electron chi connectivity index (χ1n) is 4.93. The van der Waals surface area contributed by atoms with Crippen LogP contribution in [0.3, 0.4) is 0 Å². The fraction of sp³-hybridized carbons (Fsp3) is 0.364. The van der Waals surface area contributed by atoms with E-state index in [9.17, 15) is 0 Å². The molecule has 4 nitrogen and oxygen atoms in total. The Morgan fingerprint density at radius 2 is 2.33 bits per heavy atom. The van der Waals surface area contributed by atoms with Crippen molar-refractivity contribution in [3.63, 3.8) is 0 Å². The Balaban J connectivity index is 2.58. The first-order chi connectivity index (χ1) is 7.27. The van der Waals surface area contributed by atoms with Gasteiger partial charge in [0.25, 0.3) is 0 Å². The first kappa shape index (κ1) is 11.4. The average Bonchev–Trinajstić information content (AvgIpc) is 2.26. The van der Waals surface area contributed by atoms with Crippen molar-refractivity contribution in [2.24, 2.45) is 0 Å². The van der Waals surface area contributed by atoms with Crippen LogP contribution in [0.25, 0.3) is 0 Å². The maximum atomic E-state index is 5.76. The molecule has 4 heteroatoms. The van der Waals surface area contributed by atoms with Crippen LogP contribution in [0.1, 0.15) is 13.3 Å². The van der Waals surface area contributed by atoms with Crippen LogP contribution in [-0.2, 0) is 0 Å². The molecule has 0 amide bonds. The summed E-state index contributed by atoms with van der Waals surface area (Å²) in [4.78, 5) is 4.21. The molecule has 82 valence electrons. The highest BCUT2D eigenvalue weighted by molar-refractivity contribution is 5.61. The van der Waals surface area contributed by atoms with Gasteiger partial charge in [0.2, 0.25) is 5.88 Å². The Labute approximate surface area is 90.2 Å². The Hall–Kier alpha value is -1.71. The maximum Gasteiger partial charge on any atom is 0.215 e. The van der Waals surface area contributed by atoms with Gasteiger partial charge in [-0.3, -0.25) is 0 Å². The predicted octanol–water partition coefficient (Wildman–Crippen LogP) is 2.05. The molecule has 1 aromatic rings. The van der Waals surface area contributed by atoms with Crippen molar-refractivity contribution in [3.8, 4) is 5.88 Å². The van der Waals surface area contributed by atoms with E-state index in [0.29, 0.717) is 17.4 Å². The number of anilines is 2. The van der Waals surface area contributed by atoms with Gasteiger partial charge >= 0.3 is 0 Å². The molecule has 1 aromatic heterocycles. The van der Waals surface area contributed by atoms with Gasteiger partial charge in [-0.05, 0) is 19.4 Å². The number of rotatable bonds is 5. The number of nitrogens with zero attached hydrogens (tertiary/aromatic N) is 1. The third kappa shape index (κ3) is 3.50. The van der Waals surface area contributed by atoms with Crippen LogP contribution in [0, 0.1) is 0 Å². The SMILES string of the molecule is C/C=C/CCNc1nc(OC)ccc1N. The first-order valence-corrected chi connectivity index (χ1v) is 4.93. The highest BCUT2D eigenvalue weighted by Gasteiger charge is 2.01. The van der Waals surface area contributed by atoms with Gasteiger partial charge in [0.05, 0.1) is 12.8 Å². The van der Waals surface area contributed by atoms with Gasteiger partial charge in [0.15, 0.2) is 5.82 Å². The highest BCUT2D eigenvalue weighted by Crippen LogP contribution is 2.19. The number of ether oxygens (including phenoxy) is 1. The van der Waals surface area contributed by atoms with E-state index in [1.165, 1.54) is 0 Å². The molecule has 1 heterocycles. The third-order valence-corrected chi connectivity index (χ3v) is 1.95. The quantitative estimate of drug-likeness (QED) is 0.573. The minimum Gasteiger partial charge on any atom is -0.481 e. The normalized spacial score (nSPS) is 10.5. The minimum absolute atomic E-state index is 0.567. The van der Waals surface area contributed by atoms with Gasteiger partial charge in [-0.2, -0.15) is 4.98 Å². The summed E-state index contributed by atoms with van der Waals surface area (Å²) in [5.74, 6) is 1.25. The van der Waals surface area contributed by atoms with Crippen molar-refractivity contribution in [1.82, 2.24) is 4.98 Å². The number of hydrogen-bond donors (Lipinski definition) is 2. The number of nitrogens with one attached hydrogen (secondary N) is 1. The number of aromatic nitrogens is 1. The smallest absolute Gasteiger partial charge is 0.215 e. The molecule has 0 saturated heterocycles. The molecular formula is C11H17N3O. The van der Waals surface area contributed by atoms with Crippen LogP contribution in [-0.4, -0.2) is 18.6 Å². The summed E-state index contributed by atoms with van der Waals surface area (Å²) in [7, 11) is 1.59. The average molecular weight is 207 g/mol. The van der Waals surface area contributed by atoms with Crippen molar-refractivity contribution >= 4 is 11.5 Å². The lowest BCUT2D eigenvalue weighted by Gasteiger charge is -2.08. The number of nitrogen functional groups attached to an aromatic ring is 1. The Morgan fingerprint density at radius 1 is 1.53 bits per heavy atom. The molecule has 0 aromatic carbocycles. The predicted molar refractivity (Wildman–Crippen MR) is 63.1 cm³/mol. The summed E-state index contributed by atoms with van der Waals surface area (Å²) >= 11 is 0. The van der Waals surface area contributed by atoms with E-state index in [0.717, 1.165) is 13.0 Å². The number of allylic oxidation sites excluding steroid dienone is 1. The summed E-state index contributed by atoms with van der Waals surface area (Å²) in [5, 5.41) is 3.16. The van der Waals surface area contributed by atoms with Crippen LogP contribution < -0.4 is 15.8 Å². The van der Waals surface area contributed by atoms with E-state index in [-0.39, 0.29) is 0 Å². The summed E-state index contributed by atoms with van der Waals surface area (Å²) in [6.45, 7) is 2.81. The molecule has 0 aliphatic rings. The van der Waals surface area contributed by atoms with E-state index >= 15 is 0 Å². The molecule has 1 rings (SSSR count). The van der Waals surface area contributed by atoms with E-state index in [4.69, 9.17) is 10.5 Å². The fourth-order valence-corrected chi connectivity index (χ4v) is 1.15. The minimum atomic E-state index is 0.567. The molecule has 15 heavy (non-hydrogen) atoms. The van der Waals surface area contributed by atoms with Crippen molar-refractivity contribution in [2.45, 2.75) is 13.3 Å². The van der Waals surface area contributed by atoms with Gasteiger partial charge < -0.3 is 15.8 Å². The van der Waals surface area contributed by atoms with Crippen LogP contribution in [0.5, 0.6) is 5.88 Å². The Morgan fingerprint density at radius 3 is 3.00 bits per heavy atom. The van der Waals surface area contributed by atoms with Gasteiger partial charge in [-0.15, -0.1) is 0 Å². The lowest BCUT2D eigenvalue weighted by molar-refractivity contribution is 0.398. The van der Waals surface area contributed by atoms with Crippen molar-refractivity contribution < 1.29 is 4.74 Å². The second kappa shape index (κ2) is 5.90. The summed E-state index contributed by atoms with van der Waals surface area (Å²) in [6, 6.07) is 3.52.